The molecule has 3 rings (SSSR count). The summed E-state index contributed by atoms with van der Waals surface area (Å²) in [6.07, 6.45) is 5.20. The lowest BCUT2D eigenvalue weighted by Crippen LogP contribution is -2.35. The number of likely N-dealkylation sites (tertiary alicyclic amines) is 1. The number of amides is 1. The van der Waals surface area contributed by atoms with E-state index in [0.29, 0.717) is 0 Å². The summed E-state index contributed by atoms with van der Waals surface area (Å²) in [7, 11) is 0. The van der Waals surface area contributed by atoms with Gasteiger partial charge in [0.1, 0.15) is 9.88 Å². The van der Waals surface area contributed by atoms with Crippen molar-refractivity contribution >= 4 is 17.2 Å². The number of piperidine rings is 1. The Morgan fingerprint density at radius 2 is 1.95 bits per heavy atom. The largest absolute Gasteiger partial charge is 0.338 e. The van der Waals surface area contributed by atoms with Crippen molar-refractivity contribution in [3.63, 3.8) is 0 Å². The summed E-state index contributed by atoms with van der Waals surface area (Å²) in [5.41, 5.74) is 2.31. The number of hydrogen-bond acceptors (Lipinski definition) is 3. The molecule has 0 spiro atoms. The van der Waals surface area contributed by atoms with Crippen LogP contribution in [0.5, 0.6) is 0 Å². The van der Waals surface area contributed by atoms with Gasteiger partial charge >= 0.3 is 0 Å². The quantitative estimate of drug-likeness (QED) is 0.842. The summed E-state index contributed by atoms with van der Waals surface area (Å²) in [5.74, 6) is 0.141. The van der Waals surface area contributed by atoms with Gasteiger partial charge in [0, 0.05) is 18.7 Å². The van der Waals surface area contributed by atoms with E-state index in [-0.39, 0.29) is 5.91 Å². The summed E-state index contributed by atoms with van der Waals surface area (Å²) in [6, 6.07) is 8.16. The van der Waals surface area contributed by atoms with E-state index < -0.39 is 0 Å². The van der Waals surface area contributed by atoms with Crippen LogP contribution >= 0.6 is 11.3 Å². The summed E-state index contributed by atoms with van der Waals surface area (Å²) >= 11 is 1.50. The maximum Gasteiger partial charge on any atom is 0.265 e. The van der Waals surface area contributed by atoms with Gasteiger partial charge in [-0.3, -0.25) is 4.79 Å². The summed E-state index contributed by atoms with van der Waals surface area (Å²) in [6.45, 7) is 3.84. The molecule has 1 aliphatic heterocycles. The Kier molecular flexibility index (Phi) is 3.83. The van der Waals surface area contributed by atoms with Gasteiger partial charge in [-0.15, -0.1) is 11.3 Å². The van der Waals surface area contributed by atoms with E-state index in [1.165, 1.54) is 23.3 Å². The molecule has 20 heavy (non-hydrogen) atoms. The van der Waals surface area contributed by atoms with Gasteiger partial charge in [-0.1, -0.05) is 24.3 Å². The van der Waals surface area contributed by atoms with Crippen LogP contribution in [0.2, 0.25) is 0 Å². The van der Waals surface area contributed by atoms with Crippen LogP contribution in [0.25, 0.3) is 10.6 Å². The standard InChI is InChI=1S/C16H18N2OS/c1-12-7-3-4-8-13(12)15-17-11-14(20-15)16(19)18-9-5-2-6-10-18/h3-4,7-8,11H,2,5-6,9-10H2,1H3. The molecule has 1 aliphatic rings. The lowest BCUT2D eigenvalue weighted by Gasteiger charge is -2.25. The van der Waals surface area contributed by atoms with Crippen molar-refractivity contribution in [2.45, 2.75) is 26.2 Å². The van der Waals surface area contributed by atoms with Gasteiger partial charge in [-0.05, 0) is 31.7 Å². The van der Waals surface area contributed by atoms with E-state index in [0.717, 1.165) is 41.4 Å². The Labute approximate surface area is 123 Å². The molecular weight excluding hydrogens is 268 g/mol. The van der Waals surface area contributed by atoms with Crippen LogP contribution in [0.1, 0.15) is 34.5 Å². The fourth-order valence-electron chi connectivity index (χ4n) is 2.56. The lowest BCUT2D eigenvalue weighted by molar-refractivity contribution is 0.0729. The third kappa shape index (κ3) is 2.61. The highest BCUT2D eigenvalue weighted by Crippen LogP contribution is 2.28. The molecule has 0 N–H and O–H groups in total. The molecule has 3 nitrogen and oxygen atoms in total. The van der Waals surface area contributed by atoms with Crippen molar-refractivity contribution in [1.29, 1.82) is 0 Å². The average Bonchev–Trinajstić information content (AvgIpc) is 2.97. The smallest absolute Gasteiger partial charge is 0.265 e. The third-order valence-electron chi connectivity index (χ3n) is 3.74. The van der Waals surface area contributed by atoms with Crippen LogP contribution in [0.4, 0.5) is 0 Å². The number of carbonyl (C=O) groups excluding carboxylic acids is 1. The second-order valence-corrected chi connectivity index (χ2v) is 6.23. The molecule has 0 bridgehead atoms. The van der Waals surface area contributed by atoms with Crippen LogP contribution < -0.4 is 0 Å². The van der Waals surface area contributed by atoms with E-state index >= 15 is 0 Å². The zero-order valence-corrected chi connectivity index (χ0v) is 12.4. The molecule has 0 unspecified atom stereocenters. The molecule has 0 atom stereocenters. The minimum atomic E-state index is 0.141. The van der Waals surface area contributed by atoms with Gasteiger partial charge in [0.05, 0.1) is 6.20 Å². The summed E-state index contributed by atoms with van der Waals surface area (Å²) < 4.78 is 0. The molecule has 0 radical (unpaired) electrons. The molecule has 1 fully saturated rings. The van der Waals surface area contributed by atoms with Gasteiger partial charge in [0.2, 0.25) is 0 Å². The Morgan fingerprint density at radius 1 is 1.20 bits per heavy atom. The van der Waals surface area contributed by atoms with E-state index in [2.05, 4.69) is 24.0 Å². The zero-order chi connectivity index (χ0) is 13.9. The highest BCUT2D eigenvalue weighted by molar-refractivity contribution is 7.16. The second-order valence-electron chi connectivity index (χ2n) is 5.20. The molecule has 1 aromatic carbocycles. The normalized spacial score (nSPS) is 15.3. The Hall–Kier alpha value is -1.68. The summed E-state index contributed by atoms with van der Waals surface area (Å²) in [4.78, 5) is 19.6. The van der Waals surface area contributed by atoms with Crippen molar-refractivity contribution in [3.8, 4) is 10.6 Å². The molecule has 2 aromatic rings. The lowest BCUT2D eigenvalue weighted by atomic mass is 10.1. The van der Waals surface area contributed by atoms with Crippen molar-refractivity contribution in [3.05, 3.63) is 40.9 Å². The van der Waals surface area contributed by atoms with Crippen LogP contribution in [0.15, 0.2) is 30.5 Å². The molecule has 1 aromatic heterocycles. The molecule has 1 saturated heterocycles. The van der Waals surface area contributed by atoms with Gasteiger partial charge in [-0.2, -0.15) is 0 Å². The monoisotopic (exact) mass is 286 g/mol. The van der Waals surface area contributed by atoms with E-state index in [9.17, 15) is 4.79 Å². The number of thiazole rings is 1. The molecular formula is C16H18N2OS. The Morgan fingerprint density at radius 3 is 2.70 bits per heavy atom. The van der Waals surface area contributed by atoms with E-state index in [4.69, 9.17) is 0 Å². The Bertz CT molecular complexity index is 614. The van der Waals surface area contributed by atoms with Crippen LogP contribution in [0.3, 0.4) is 0 Å². The topological polar surface area (TPSA) is 33.2 Å². The van der Waals surface area contributed by atoms with Crippen LogP contribution in [0, 0.1) is 6.92 Å². The van der Waals surface area contributed by atoms with Crippen molar-refractivity contribution in [1.82, 2.24) is 9.88 Å². The predicted molar refractivity (Wildman–Crippen MR) is 82.0 cm³/mol. The first-order valence-electron chi connectivity index (χ1n) is 7.07. The van der Waals surface area contributed by atoms with Crippen molar-refractivity contribution < 1.29 is 4.79 Å². The maximum atomic E-state index is 12.4. The van der Waals surface area contributed by atoms with E-state index in [1.807, 2.05) is 17.0 Å². The summed E-state index contributed by atoms with van der Waals surface area (Å²) in [5, 5.41) is 0.934. The SMILES string of the molecule is Cc1ccccc1-c1ncc(C(=O)N2CCCCC2)s1. The predicted octanol–water partition coefficient (Wildman–Crippen LogP) is 3.74. The van der Waals surface area contributed by atoms with Crippen LogP contribution in [-0.4, -0.2) is 28.9 Å². The number of rotatable bonds is 2. The van der Waals surface area contributed by atoms with Gasteiger partial charge in [0.15, 0.2) is 0 Å². The number of hydrogen-bond donors (Lipinski definition) is 0. The fourth-order valence-corrected chi connectivity index (χ4v) is 3.54. The molecule has 0 aliphatic carbocycles. The molecule has 0 saturated carbocycles. The molecule has 1 amide bonds. The van der Waals surface area contributed by atoms with Gasteiger partial charge < -0.3 is 4.90 Å². The minimum Gasteiger partial charge on any atom is -0.338 e. The van der Waals surface area contributed by atoms with E-state index in [1.54, 1.807) is 6.20 Å². The number of benzene rings is 1. The maximum absolute atomic E-state index is 12.4. The molecule has 4 heteroatoms. The van der Waals surface area contributed by atoms with Crippen molar-refractivity contribution in [2.24, 2.45) is 0 Å². The molecule has 104 valence electrons. The highest BCUT2D eigenvalue weighted by atomic mass is 32.1. The number of nitrogens with zero attached hydrogens (tertiary/aromatic N) is 2. The molecule has 2 heterocycles. The number of aryl methyl sites for hydroxylation is 1. The number of aromatic nitrogens is 1. The number of carbonyl (C=O) groups is 1. The fraction of sp³-hybridized carbons (Fsp3) is 0.375. The average molecular weight is 286 g/mol. The zero-order valence-electron chi connectivity index (χ0n) is 11.6. The first-order chi connectivity index (χ1) is 9.75. The highest BCUT2D eigenvalue weighted by Gasteiger charge is 2.20. The van der Waals surface area contributed by atoms with Gasteiger partial charge in [-0.25, -0.2) is 4.98 Å². The Balaban J connectivity index is 1.83. The van der Waals surface area contributed by atoms with Crippen LogP contribution in [-0.2, 0) is 0 Å². The minimum absolute atomic E-state index is 0.141. The third-order valence-corrected chi connectivity index (χ3v) is 4.75. The van der Waals surface area contributed by atoms with Crippen molar-refractivity contribution in [2.75, 3.05) is 13.1 Å². The first kappa shape index (κ1) is 13.3. The first-order valence-corrected chi connectivity index (χ1v) is 7.88. The second kappa shape index (κ2) is 5.75. The van der Waals surface area contributed by atoms with Gasteiger partial charge in [0.25, 0.3) is 5.91 Å².